The Balaban J connectivity index is 2.28. The van der Waals surface area contributed by atoms with Gasteiger partial charge >= 0.3 is 11.9 Å². The van der Waals surface area contributed by atoms with E-state index < -0.39 is 29.1 Å². The number of carbonyl (C=O) groups excluding carboxylic acids is 4. The van der Waals surface area contributed by atoms with Crippen molar-refractivity contribution in [2.24, 2.45) is 0 Å². The molecular weight excluding hydrogens is 438 g/mol. The summed E-state index contributed by atoms with van der Waals surface area (Å²) in [6, 6.07) is 1.97. The van der Waals surface area contributed by atoms with Gasteiger partial charge in [-0.15, -0.1) is 0 Å². The van der Waals surface area contributed by atoms with E-state index in [2.05, 4.69) is 4.74 Å². The van der Waals surface area contributed by atoms with Crippen LogP contribution in [0.25, 0.3) is 6.08 Å². The van der Waals surface area contributed by atoms with Crippen LogP contribution in [0, 0.1) is 0 Å². The van der Waals surface area contributed by atoms with Crippen LogP contribution in [0.15, 0.2) is 17.0 Å². The molecule has 1 aromatic rings. The number of hydrogen-bond donors (Lipinski definition) is 0. The van der Waals surface area contributed by atoms with E-state index in [9.17, 15) is 19.2 Å². The Bertz CT molecular complexity index is 901. The summed E-state index contributed by atoms with van der Waals surface area (Å²) in [6.07, 6.45) is 1.44. The van der Waals surface area contributed by atoms with Gasteiger partial charge in [0.05, 0.1) is 30.8 Å². The average molecular weight is 458 g/mol. The van der Waals surface area contributed by atoms with Crippen LogP contribution in [0.2, 0.25) is 5.02 Å². The summed E-state index contributed by atoms with van der Waals surface area (Å²) in [5.74, 6) is -1.53. The van der Waals surface area contributed by atoms with Gasteiger partial charge in [0.15, 0.2) is 18.1 Å². The number of imide groups is 1. The maximum Gasteiger partial charge on any atom is 0.344 e. The van der Waals surface area contributed by atoms with Crippen LogP contribution in [0.4, 0.5) is 4.79 Å². The molecule has 1 aromatic carbocycles. The maximum absolute atomic E-state index is 12.6. The van der Waals surface area contributed by atoms with Gasteiger partial charge in [-0.05, 0) is 49.4 Å². The van der Waals surface area contributed by atoms with Crippen LogP contribution < -0.4 is 9.47 Å². The van der Waals surface area contributed by atoms with Crippen molar-refractivity contribution >= 4 is 52.5 Å². The van der Waals surface area contributed by atoms with E-state index in [1.54, 1.807) is 6.92 Å². The second-order valence-electron chi connectivity index (χ2n) is 5.88. The topological polar surface area (TPSA) is 108 Å². The van der Waals surface area contributed by atoms with E-state index in [4.69, 9.17) is 25.8 Å². The minimum atomic E-state index is -1.05. The van der Waals surface area contributed by atoms with Crippen molar-refractivity contribution in [2.75, 3.05) is 27.4 Å². The lowest BCUT2D eigenvalue weighted by atomic mass is 10.1. The number of esters is 2. The molecule has 0 unspecified atom stereocenters. The number of methoxy groups -OCH3 is 2. The highest BCUT2D eigenvalue weighted by Gasteiger charge is 2.41. The van der Waals surface area contributed by atoms with E-state index in [-0.39, 0.29) is 34.6 Å². The first-order valence-corrected chi connectivity index (χ1v) is 9.93. The summed E-state index contributed by atoms with van der Waals surface area (Å²) in [5, 5.41) is -0.455. The van der Waals surface area contributed by atoms with E-state index in [1.807, 2.05) is 0 Å². The largest absolute Gasteiger partial charge is 0.493 e. The molecule has 2 rings (SSSR count). The van der Waals surface area contributed by atoms with Crippen LogP contribution in [0.5, 0.6) is 11.5 Å². The fourth-order valence-corrected chi connectivity index (χ4v) is 3.72. The highest BCUT2D eigenvalue weighted by molar-refractivity contribution is 8.18. The van der Waals surface area contributed by atoms with Gasteiger partial charge in [0.2, 0.25) is 0 Å². The van der Waals surface area contributed by atoms with E-state index in [0.717, 1.165) is 4.90 Å². The Kier molecular flexibility index (Phi) is 8.13. The van der Waals surface area contributed by atoms with Crippen molar-refractivity contribution in [1.82, 2.24) is 4.90 Å². The van der Waals surface area contributed by atoms with Gasteiger partial charge in [0.1, 0.15) is 6.04 Å². The van der Waals surface area contributed by atoms with Gasteiger partial charge in [0.25, 0.3) is 11.1 Å². The summed E-state index contributed by atoms with van der Waals surface area (Å²) >= 11 is 6.94. The normalized spacial score (nSPS) is 15.9. The molecule has 30 heavy (non-hydrogen) atoms. The molecule has 1 heterocycles. The SMILES string of the molecule is CCOC(=O)COc1c(Cl)cc(/C=C2/SC(=O)N([C@H](C)C(=O)OC)C2=O)cc1OC. The predicted octanol–water partition coefficient (Wildman–Crippen LogP) is 2.89. The first-order chi connectivity index (χ1) is 14.2. The molecular formula is C19H20ClNO8S. The lowest BCUT2D eigenvalue weighted by Gasteiger charge is -2.18. The van der Waals surface area contributed by atoms with Crippen molar-refractivity contribution in [3.05, 3.63) is 27.6 Å². The van der Waals surface area contributed by atoms with Gasteiger partial charge in [-0.1, -0.05) is 11.6 Å². The maximum atomic E-state index is 12.6. The average Bonchev–Trinajstić information content (AvgIpc) is 2.98. The Morgan fingerprint density at radius 1 is 1.27 bits per heavy atom. The van der Waals surface area contributed by atoms with Crippen molar-refractivity contribution in [1.29, 1.82) is 0 Å². The molecule has 11 heteroatoms. The minimum absolute atomic E-state index is 0.106. The van der Waals surface area contributed by atoms with Crippen molar-refractivity contribution in [3.8, 4) is 11.5 Å². The third-order valence-electron chi connectivity index (χ3n) is 3.94. The number of amides is 2. The smallest absolute Gasteiger partial charge is 0.344 e. The van der Waals surface area contributed by atoms with Crippen LogP contribution in [0.1, 0.15) is 19.4 Å². The number of rotatable bonds is 8. The molecule has 2 amide bonds. The Hall–Kier alpha value is -2.72. The van der Waals surface area contributed by atoms with E-state index in [0.29, 0.717) is 17.3 Å². The van der Waals surface area contributed by atoms with E-state index >= 15 is 0 Å². The van der Waals surface area contributed by atoms with Gasteiger partial charge < -0.3 is 18.9 Å². The van der Waals surface area contributed by atoms with Gasteiger partial charge in [-0.3, -0.25) is 14.5 Å². The molecule has 1 saturated heterocycles. The Labute approximate surface area is 182 Å². The fourth-order valence-electron chi connectivity index (χ4n) is 2.54. The fraction of sp³-hybridized carbons (Fsp3) is 0.368. The molecule has 9 nitrogen and oxygen atoms in total. The molecule has 162 valence electrons. The van der Waals surface area contributed by atoms with Crippen molar-refractivity contribution < 1.29 is 38.1 Å². The number of thioether (sulfide) groups is 1. The van der Waals surface area contributed by atoms with E-state index in [1.165, 1.54) is 39.4 Å². The standard InChI is InChI=1S/C19H20ClNO8S/c1-5-28-15(22)9-29-16-12(20)6-11(7-13(16)26-3)8-14-17(23)21(19(25)30-14)10(2)18(24)27-4/h6-8,10H,5,9H2,1-4H3/b14-8+/t10-/m1/s1. The van der Waals surface area contributed by atoms with Crippen LogP contribution in [-0.2, 0) is 23.9 Å². The third-order valence-corrected chi connectivity index (χ3v) is 5.11. The monoisotopic (exact) mass is 457 g/mol. The Morgan fingerprint density at radius 2 is 1.97 bits per heavy atom. The molecule has 0 aromatic heterocycles. The summed E-state index contributed by atoms with van der Waals surface area (Å²) in [4.78, 5) is 48.9. The van der Waals surface area contributed by atoms with Crippen LogP contribution >= 0.6 is 23.4 Å². The number of halogens is 1. The number of benzene rings is 1. The molecule has 1 aliphatic heterocycles. The zero-order valence-corrected chi connectivity index (χ0v) is 18.3. The minimum Gasteiger partial charge on any atom is -0.493 e. The summed E-state index contributed by atoms with van der Waals surface area (Å²) < 4.78 is 20.0. The molecule has 1 aliphatic rings. The van der Waals surface area contributed by atoms with Gasteiger partial charge in [0, 0.05) is 0 Å². The highest BCUT2D eigenvalue weighted by atomic mass is 35.5. The molecule has 0 aliphatic carbocycles. The second-order valence-corrected chi connectivity index (χ2v) is 7.28. The zero-order valence-electron chi connectivity index (χ0n) is 16.7. The van der Waals surface area contributed by atoms with Gasteiger partial charge in [-0.2, -0.15) is 0 Å². The first-order valence-electron chi connectivity index (χ1n) is 8.74. The number of carbonyl (C=O) groups is 4. The lowest BCUT2D eigenvalue weighted by Crippen LogP contribution is -2.42. The third kappa shape index (κ3) is 5.25. The molecule has 1 atom stereocenters. The quantitative estimate of drug-likeness (QED) is 0.430. The second kappa shape index (κ2) is 10.4. The van der Waals surface area contributed by atoms with Crippen LogP contribution in [0.3, 0.4) is 0 Å². The first kappa shape index (κ1) is 23.6. The highest BCUT2D eigenvalue weighted by Crippen LogP contribution is 2.39. The summed E-state index contributed by atoms with van der Waals surface area (Å²) in [7, 11) is 2.56. The zero-order chi connectivity index (χ0) is 22.4. The predicted molar refractivity (Wildman–Crippen MR) is 109 cm³/mol. The molecule has 0 spiro atoms. The molecule has 1 fully saturated rings. The number of hydrogen-bond acceptors (Lipinski definition) is 9. The Morgan fingerprint density at radius 3 is 2.57 bits per heavy atom. The molecule has 0 saturated carbocycles. The van der Waals surface area contributed by atoms with Crippen molar-refractivity contribution in [2.45, 2.75) is 19.9 Å². The lowest BCUT2D eigenvalue weighted by molar-refractivity contribution is -0.148. The number of nitrogens with zero attached hydrogens (tertiary/aromatic N) is 1. The molecule has 0 N–H and O–H groups in total. The van der Waals surface area contributed by atoms with Gasteiger partial charge in [-0.25, -0.2) is 9.59 Å². The van der Waals surface area contributed by atoms with Crippen LogP contribution in [-0.4, -0.2) is 61.5 Å². The summed E-state index contributed by atoms with van der Waals surface area (Å²) in [5.41, 5.74) is 0.455. The molecule has 0 bridgehead atoms. The van der Waals surface area contributed by atoms with Crippen molar-refractivity contribution in [3.63, 3.8) is 0 Å². The molecule has 0 radical (unpaired) electrons. The number of ether oxygens (including phenoxy) is 4. The summed E-state index contributed by atoms with van der Waals surface area (Å²) in [6.45, 7) is 2.94.